The van der Waals surface area contributed by atoms with Crippen molar-refractivity contribution in [1.29, 1.82) is 0 Å². The predicted octanol–water partition coefficient (Wildman–Crippen LogP) is 6.09. The lowest BCUT2D eigenvalue weighted by Gasteiger charge is -2.28. The van der Waals surface area contributed by atoms with Crippen LogP contribution in [0.25, 0.3) is 10.4 Å². The van der Waals surface area contributed by atoms with Gasteiger partial charge in [-0.05, 0) is 70.6 Å². The fraction of sp³-hybridized carbons (Fsp3) is 0.444. The Morgan fingerprint density at radius 1 is 1.05 bits per heavy atom. The number of benzene rings is 1. The minimum absolute atomic E-state index is 0.101. The highest BCUT2D eigenvalue weighted by Gasteiger charge is 2.39. The molecule has 1 aromatic carbocycles. The Morgan fingerprint density at radius 2 is 1.84 bits per heavy atom. The van der Waals surface area contributed by atoms with Gasteiger partial charge in [-0.15, -0.1) is 11.3 Å². The molecule has 2 aliphatic rings. The summed E-state index contributed by atoms with van der Waals surface area (Å²) in [6.45, 7) is 3.66. The van der Waals surface area contributed by atoms with Crippen LogP contribution in [0.1, 0.15) is 63.3 Å². The molecule has 3 aromatic rings. The number of alkyl carbamates (subject to hydrolysis) is 1. The number of thiazole rings is 1. The van der Waals surface area contributed by atoms with Crippen LogP contribution < -0.4 is 10.1 Å². The van der Waals surface area contributed by atoms with E-state index in [-0.39, 0.29) is 34.3 Å². The fourth-order valence-corrected chi connectivity index (χ4v) is 7.66. The first-order chi connectivity index (χ1) is 17.8. The molecule has 2 aliphatic carbocycles. The van der Waals surface area contributed by atoms with Gasteiger partial charge in [-0.3, -0.25) is 0 Å². The Morgan fingerprint density at radius 3 is 2.51 bits per heavy atom. The van der Waals surface area contributed by atoms with Crippen LogP contribution in [0.3, 0.4) is 0 Å². The molecule has 0 aliphatic heterocycles. The van der Waals surface area contributed by atoms with E-state index >= 15 is 0 Å². The van der Waals surface area contributed by atoms with Crippen molar-refractivity contribution in [3.63, 3.8) is 0 Å². The van der Waals surface area contributed by atoms with E-state index in [1.165, 1.54) is 0 Å². The Balaban J connectivity index is 1.33. The molecule has 10 heteroatoms. The molecule has 8 nitrogen and oxygen atoms in total. The maximum atomic E-state index is 13.4. The van der Waals surface area contributed by atoms with Crippen LogP contribution in [-0.4, -0.2) is 41.9 Å². The van der Waals surface area contributed by atoms with E-state index in [9.17, 15) is 13.2 Å². The van der Waals surface area contributed by atoms with Crippen LogP contribution in [0.4, 0.5) is 4.79 Å². The second kappa shape index (κ2) is 10.8. The molecule has 0 atom stereocenters. The van der Waals surface area contributed by atoms with E-state index in [4.69, 9.17) is 9.47 Å². The van der Waals surface area contributed by atoms with Gasteiger partial charge in [0.1, 0.15) is 5.75 Å². The maximum absolute atomic E-state index is 13.4. The van der Waals surface area contributed by atoms with Crippen molar-refractivity contribution in [2.75, 3.05) is 0 Å². The Kier molecular flexibility index (Phi) is 7.48. The van der Waals surface area contributed by atoms with Crippen LogP contribution in [-0.2, 0) is 14.6 Å². The van der Waals surface area contributed by atoms with Gasteiger partial charge in [-0.25, -0.2) is 23.2 Å². The minimum atomic E-state index is -3.48. The number of hydrogen-bond acceptors (Lipinski definition) is 8. The van der Waals surface area contributed by atoms with Crippen molar-refractivity contribution in [3.8, 4) is 22.1 Å². The number of rotatable bonds is 8. The maximum Gasteiger partial charge on any atom is 0.407 e. The number of ether oxygens (including phenoxy) is 2. The molecule has 0 spiro atoms. The first-order valence-corrected chi connectivity index (χ1v) is 15.1. The van der Waals surface area contributed by atoms with Gasteiger partial charge in [0.15, 0.2) is 9.84 Å². The first kappa shape index (κ1) is 25.7. The van der Waals surface area contributed by atoms with Crippen molar-refractivity contribution in [3.05, 3.63) is 53.8 Å². The predicted molar refractivity (Wildman–Crippen MR) is 142 cm³/mol. The molecular weight excluding hydrogens is 510 g/mol. The molecular formula is C27H31N3O5S2. The molecule has 2 aromatic heterocycles. The quantitative estimate of drug-likeness (QED) is 0.367. The molecule has 0 unspecified atom stereocenters. The highest BCUT2D eigenvalue weighted by molar-refractivity contribution is 7.92. The Bertz CT molecular complexity index is 1350. The van der Waals surface area contributed by atoms with Crippen molar-refractivity contribution in [2.45, 2.75) is 80.6 Å². The van der Waals surface area contributed by atoms with Gasteiger partial charge in [-0.1, -0.05) is 6.07 Å². The average molecular weight is 542 g/mol. The van der Waals surface area contributed by atoms with Crippen LogP contribution in [0.2, 0.25) is 0 Å². The lowest BCUT2D eigenvalue weighted by atomic mass is 9.86. The summed E-state index contributed by atoms with van der Waals surface area (Å²) < 4.78 is 37.8. The topological polar surface area (TPSA) is 107 Å². The molecule has 37 heavy (non-hydrogen) atoms. The van der Waals surface area contributed by atoms with Crippen molar-refractivity contribution < 1.29 is 22.7 Å². The summed E-state index contributed by atoms with van der Waals surface area (Å²) in [5, 5.41) is 3.62. The third-order valence-corrected chi connectivity index (χ3v) is 10.1. The highest BCUT2D eigenvalue weighted by atomic mass is 32.2. The van der Waals surface area contributed by atoms with E-state index in [0.29, 0.717) is 30.0 Å². The van der Waals surface area contributed by atoms with Crippen molar-refractivity contribution in [2.24, 2.45) is 0 Å². The van der Waals surface area contributed by atoms with Gasteiger partial charge in [0, 0.05) is 42.0 Å². The van der Waals surface area contributed by atoms with Gasteiger partial charge in [0.25, 0.3) is 0 Å². The van der Waals surface area contributed by atoms with Crippen LogP contribution in [0, 0.1) is 0 Å². The number of pyridine rings is 1. The Hall–Kier alpha value is -2.98. The number of sulfone groups is 1. The molecule has 196 valence electrons. The second-order valence-electron chi connectivity index (χ2n) is 9.88. The standard InChI is InChI=1S/C27H31N3O5S2/c1-17(2)34-27(31)30-19-8-6-18(7-9-19)26-29-16-23(36-26)22-13-10-20(35-25-5-3-4-14-28-25)15-24(22)37(32,33)21-11-12-21/h3-5,10,13-19,21H,6-9,11-12H2,1-2H3,(H,30,31)/t18-,19-. The van der Waals surface area contributed by atoms with Crippen LogP contribution in [0.15, 0.2) is 53.7 Å². The second-order valence-corrected chi connectivity index (χ2v) is 13.1. The summed E-state index contributed by atoms with van der Waals surface area (Å²) in [4.78, 5) is 21.9. The van der Waals surface area contributed by atoms with Crippen LogP contribution in [0.5, 0.6) is 11.6 Å². The highest BCUT2D eigenvalue weighted by Crippen LogP contribution is 2.43. The summed E-state index contributed by atoms with van der Waals surface area (Å²) in [7, 11) is -3.48. The SMILES string of the molecule is CC(C)OC(=O)N[C@H]1CC[C@H](c2ncc(-c3ccc(Oc4ccccn4)cc3S(=O)(=O)C3CC3)s2)CC1. The monoisotopic (exact) mass is 541 g/mol. The van der Waals surface area contributed by atoms with Gasteiger partial charge in [0.05, 0.1) is 26.1 Å². The smallest absolute Gasteiger partial charge is 0.407 e. The van der Waals surface area contributed by atoms with E-state index < -0.39 is 9.84 Å². The number of nitrogens with one attached hydrogen (secondary N) is 1. The normalized spacial score (nSPS) is 20.0. The molecule has 1 amide bonds. The third-order valence-electron chi connectivity index (χ3n) is 6.61. The summed E-state index contributed by atoms with van der Waals surface area (Å²) in [5.41, 5.74) is 0.663. The zero-order chi connectivity index (χ0) is 26.0. The number of hydrogen-bond donors (Lipinski definition) is 1. The zero-order valence-electron chi connectivity index (χ0n) is 20.9. The van der Waals surface area contributed by atoms with Crippen LogP contribution >= 0.6 is 11.3 Å². The summed E-state index contributed by atoms with van der Waals surface area (Å²) in [6, 6.07) is 10.7. The lowest BCUT2D eigenvalue weighted by Crippen LogP contribution is -2.38. The number of carbonyl (C=O) groups is 1. The van der Waals surface area contributed by atoms with Gasteiger partial charge in [0.2, 0.25) is 5.88 Å². The zero-order valence-corrected chi connectivity index (χ0v) is 22.6. The van der Waals surface area contributed by atoms with E-state index in [0.717, 1.165) is 35.6 Å². The van der Waals surface area contributed by atoms with Crippen molar-refractivity contribution >= 4 is 27.3 Å². The molecule has 0 saturated heterocycles. The lowest BCUT2D eigenvalue weighted by molar-refractivity contribution is 0.109. The largest absolute Gasteiger partial charge is 0.447 e. The molecule has 0 bridgehead atoms. The molecule has 0 radical (unpaired) electrons. The van der Waals surface area contributed by atoms with Gasteiger partial charge >= 0.3 is 6.09 Å². The minimum Gasteiger partial charge on any atom is -0.447 e. The van der Waals surface area contributed by atoms with Gasteiger partial charge in [-0.2, -0.15) is 0 Å². The van der Waals surface area contributed by atoms with E-state index in [2.05, 4.69) is 15.3 Å². The molecule has 1 N–H and O–H groups in total. The number of nitrogens with zero attached hydrogens (tertiary/aromatic N) is 2. The number of aromatic nitrogens is 2. The summed E-state index contributed by atoms with van der Waals surface area (Å²) in [6.07, 6.45) is 7.79. The number of amides is 1. The number of carbonyl (C=O) groups excluding carboxylic acids is 1. The van der Waals surface area contributed by atoms with Crippen molar-refractivity contribution in [1.82, 2.24) is 15.3 Å². The summed E-state index contributed by atoms with van der Waals surface area (Å²) in [5.74, 6) is 1.13. The van der Waals surface area contributed by atoms with E-state index in [1.807, 2.05) is 26.0 Å². The molecule has 2 fully saturated rings. The molecule has 2 saturated carbocycles. The molecule has 5 rings (SSSR count). The van der Waals surface area contributed by atoms with Gasteiger partial charge < -0.3 is 14.8 Å². The Labute approximate surface area is 221 Å². The van der Waals surface area contributed by atoms with E-state index in [1.54, 1.807) is 48.0 Å². The molecule has 2 heterocycles. The first-order valence-electron chi connectivity index (χ1n) is 12.7. The summed E-state index contributed by atoms with van der Waals surface area (Å²) >= 11 is 1.55. The fourth-order valence-electron chi connectivity index (χ4n) is 4.59. The third kappa shape index (κ3) is 6.13. The average Bonchev–Trinajstić information content (AvgIpc) is 3.63.